The van der Waals surface area contributed by atoms with Crippen molar-refractivity contribution in [1.82, 2.24) is 0 Å². The van der Waals surface area contributed by atoms with E-state index in [1.807, 2.05) is 32.9 Å². The fourth-order valence-corrected chi connectivity index (χ4v) is 2.61. The van der Waals surface area contributed by atoms with Crippen molar-refractivity contribution in [1.29, 1.82) is 0 Å². The lowest BCUT2D eigenvalue weighted by Crippen LogP contribution is -2.16. The van der Waals surface area contributed by atoms with Gasteiger partial charge in [-0.05, 0) is 45.6 Å². The van der Waals surface area contributed by atoms with Crippen LogP contribution in [0.2, 0.25) is 0 Å². The van der Waals surface area contributed by atoms with Crippen molar-refractivity contribution < 1.29 is 20.4 Å². The highest BCUT2D eigenvalue weighted by molar-refractivity contribution is 5.51. The van der Waals surface area contributed by atoms with Gasteiger partial charge in [-0.2, -0.15) is 0 Å². The minimum Gasteiger partial charge on any atom is -0.504 e. The summed E-state index contributed by atoms with van der Waals surface area (Å²) in [6, 6.07) is 8.54. The van der Waals surface area contributed by atoms with Crippen LogP contribution in [0.3, 0.4) is 0 Å². The van der Waals surface area contributed by atoms with Crippen LogP contribution in [0.5, 0.6) is 23.0 Å². The van der Waals surface area contributed by atoms with Crippen molar-refractivity contribution >= 4 is 0 Å². The van der Waals surface area contributed by atoms with Gasteiger partial charge in [-0.3, -0.25) is 0 Å². The minimum atomic E-state index is -0.178. The average molecular weight is 389 g/mol. The summed E-state index contributed by atoms with van der Waals surface area (Å²) in [5.41, 5.74) is 2.63. The van der Waals surface area contributed by atoms with Gasteiger partial charge in [0.05, 0.1) is 0 Å². The number of hydrogen-bond donors (Lipinski definition) is 4. The molecule has 0 unspecified atom stereocenters. The summed E-state index contributed by atoms with van der Waals surface area (Å²) in [7, 11) is 0. The Morgan fingerprint density at radius 3 is 1.36 bits per heavy atom. The van der Waals surface area contributed by atoms with Crippen molar-refractivity contribution in [3.05, 3.63) is 47.0 Å². The van der Waals surface area contributed by atoms with Gasteiger partial charge in [-0.25, -0.2) is 0 Å². The van der Waals surface area contributed by atoms with E-state index in [0.29, 0.717) is 0 Å². The quantitative estimate of drug-likeness (QED) is 0.412. The van der Waals surface area contributed by atoms with Crippen LogP contribution < -0.4 is 0 Å². The van der Waals surface area contributed by atoms with Crippen LogP contribution in [0.1, 0.15) is 79.0 Å². The molecule has 2 aromatic carbocycles. The molecule has 0 saturated carbocycles. The van der Waals surface area contributed by atoms with Crippen molar-refractivity contribution in [2.45, 2.75) is 78.6 Å². The topological polar surface area (TPSA) is 80.9 Å². The van der Waals surface area contributed by atoms with Gasteiger partial charge in [0, 0.05) is 5.56 Å². The molecule has 0 aliphatic heterocycles. The highest BCUT2D eigenvalue weighted by Crippen LogP contribution is 2.40. The number of benzene rings is 2. The van der Waals surface area contributed by atoms with E-state index < -0.39 is 0 Å². The molecule has 2 aromatic rings. The van der Waals surface area contributed by atoms with Gasteiger partial charge in [0.25, 0.3) is 0 Å². The zero-order valence-electron chi connectivity index (χ0n) is 18.7. The number of phenols is 4. The first kappa shape index (κ1) is 23.7. The summed E-state index contributed by atoms with van der Waals surface area (Å²) in [5.74, 6) is -0.150. The summed E-state index contributed by atoms with van der Waals surface area (Å²) in [5, 5.41) is 37.9. The van der Waals surface area contributed by atoms with Gasteiger partial charge >= 0.3 is 0 Å². The molecule has 2 rings (SSSR count). The molecular weight excluding hydrogens is 352 g/mol. The van der Waals surface area contributed by atoms with Gasteiger partial charge in [0.15, 0.2) is 23.0 Å². The van der Waals surface area contributed by atoms with E-state index in [1.54, 1.807) is 12.1 Å². The van der Waals surface area contributed by atoms with Gasteiger partial charge in [0.1, 0.15) is 0 Å². The maximum Gasteiger partial charge on any atom is 0.161 e. The van der Waals surface area contributed by atoms with E-state index in [4.69, 9.17) is 5.11 Å². The first-order chi connectivity index (χ1) is 12.4. The molecule has 0 bridgehead atoms. The first-order valence-corrected chi connectivity index (χ1v) is 9.54. The predicted molar refractivity (Wildman–Crippen MR) is 116 cm³/mol. The molecule has 0 heterocycles. The zero-order chi connectivity index (χ0) is 22.1. The molecule has 0 radical (unpaired) electrons. The molecule has 4 N–H and O–H groups in total. The molecule has 0 saturated heterocycles. The van der Waals surface area contributed by atoms with E-state index >= 15 is 0 Å². The summed E-state index contributed by atoms with van der Waals surface area (Å²) in [6.45, 7) is 18.5. The Morgan fingerprint density at radius 2 is 0.964 bits per heavy atom. The first-order valence-electron chi connectivity index (χ1n) is 9.54. The van der Waals surface area contributed by atoms with Crippen LogP contribution in [0.25, 0.3) is 0 Å². The second-order valence-electron chi connectivity index (χ2n) is 10.3. The molecule has 0 aliphatic rings. The molecule has 0 fully saturated rings. The number of rotatable bonds is 0. The van der Waals surface area contributed by atoms with Gasteiger partial charge in [-0.15, -0.1) is 0 Å². The van der Waals surface area contributed by atoms with E-state index in [0.717, 1.165) is 16.7 Å². The molecule has 4 heteroatoms. The summed E-state index contributed by atoms with van der Waals surface area (Å²) in [6.07, 6.45) is 0. The Labute approximate surface area is 169 Å². The lowest BCUT2D eigenvalue weighted by Gasteiger charge is -2.26. The van der Waals surface area contributed by atoms with E-state index in [1.165, 1.54) is 6.07 Å². The Balaban J connectivity index is 0.000000292. The zero-order valence-corrected chi connectivity index (χ0v) is 18.7. The van der Waals surface area contributed by atoms with Crippen LogP contribution in [-0.4, -0.2) is 20.4 Å². The SMILES string of the molecule is CC(C)(C)c1cc(O)c(O)c(C(C)(C)C)c1.CC(C)(C)c1ccc(O)c(O)c1. The Hall–Kier alpha value is -2.36. The molecule has 0 aromatic heterocycles. The minimum absolute atomic E-state index is 0.000463. The van der Waals surface area contributed by atoms with Crippen LogP contribution >= 0.6 is 0 Å². The third kappa shape index (κ3) is 6.08. The number of hydrogen-bond acceptors (Lipinski definition) is 4. The van der Waals surface area contributed by atoms with E-state index in [9.17, 15) is 15.3 Å². The highest BCUT2D eigenvalue weighted by atomic mass is 16.3. The van der Waals surface area contributed by atoms with E-state index in [2.05, 4.69) is 41.5 Å². The van der Waals surface area contributed by atoms with Crippen LogP contribution in [0.4, 0.5) is 0 Å². The van der Waals surface area contributed by atoms with Gasteiger partial charge < -0.3 is 20.4 Å². The fraction of sp³-hybridized carbons (Fsp3) is 0.500. The fourth-order valence-electron chi connectivity index (χ4n) is 2.61. The third-order valence-corrected chi connectivity index (χ3v) is 4.61. The monoisotopic (exact) mass is 388 g/mol. The lowest BCUT2D eigenvalue weighted by atomic mass is 9.80. The number of aromatic hydroxyl groups is 4. The molecular formula is C24H36O4. The maximum absolute atomic E-state index is 9.87. The number of phenolic OH excluding ortho intramolecular Hbond substituents is 4. The molecule has 0 spiro atoms. The normalized spacial score (nSPS) is 12.3. The summed E-state index contributed by atoms with van der Waals surface area (Å²) < 4.78 is 0. The summed E-state index contributed by atoms with van der Waals surface area (Å²) in [4.78, 5) is 0. The third-order valence-electron chi connectivity index (χ3n) is 4.61. The lowest BCUT2D eigenvalue weighted by molar-refractivity contribution is 0.386. The van der Waals surface area contributed by atoms with Crippen molar-refractivity contribution in [2.75, 3.05) is 0 Å². The van der Waals surface area contributed by atoms with Crippen molar-refractivity contribution in [3.8, 4) is 23.0 Å². The molecule has 28 heavy (non-hydrogen) atoms. The van der Waals surface area contributed by atoms with Crippen LogP contribution in [0.15, 0.2) is 30.3 Å². The second kappa shape index (κ2) is 7.94. The van der Waals surface area contributed by atoms with Gasteiger partial charge in [0.2, 0.25) is 0 Å². The van der Waals surface area contributed by atoms with E-state index in [-0.39, 0.29) is 39.2 Å². The molecule has 156 valence electrons. The standard InChI is InChI=1S/C14H22O2.C10H14O2/c1-13(2,3)9-7-10(14(4,5)6)12(16)11(15)8-9;1-10(2,3)7-4-5-8(11)9(12)6-7/h7-8,15-16H,1-6H3;4-6,11-12H,1-3H3. The van der Waals surface area contributed by atoms with Crippen LogP contribution in [-0.2, 0) is 16.2 Å². The molecule has 0 amide bonds. The Kier molecular flexibility index (Phi) is 6.72. The largest absolute Gasteiger partial charge is 0.504 e. The van der Waals surface area contributed by atoms with Crippen molar-refractivity contribution in [2.24, 2.45) is 0 Å². The molecule has 4 nitrogen and oxygen atoms in total. The highest BCUT2D eigenvalue weighted by Gasteiger charge is 2.24. The second-order valence-corrected chi connectivity index (χ2v) is 10.3. The van der Waals surface area contributed by atoms with Gasteiger partial charge in [-0.1, -0.05) is 74.4 Å². The molecule has 0 atom stereocenters. The smallest absolute Gasteiger partial charge is 0.161 e. The molecule has 0 aliphatic carbocycles. The van der Waals surface area contributed by atoms with Crippen molar-refractivity contribution in [3.63, 3.8) is 0 Å². The maximum atomic E-state index is 9.87. The van der Waals surface area contributed by atoms with Crippen LogP contribution in [0, 0.1) is 0 Å². The predicted octanol–water partition coefficient (Wildman–Crippen LogP) is 6.09. The Bertz CT molecular complexity index is 816. The Morgan fingerprint density at radius 1 is 0.500 bits per heavy atom. The summed E-state index contributed by atoms with van der Waals surface area (Å²) >= 11 is 0. The average Bonchev–Trinajstić information content (AvgIpc) is 2.50.